The summed E-state index contributed by atoms with van der Waals surface area (Å²) in [6, 6.07) is 12.1. The molecule has 0 atom stereocenters. The van der Waals surface area contributed by atoms with Crippen molar-refractivity contribution in [1.29, 1.82) is 0 Å². The fourth-order valence-corrected chi connectivity index (χ4v) is 3.76. The normalized spacial score (nSPS) is 19.3. The molecule has 1 saturated carbocycles. The lowest BCUT2D eigenvalue weighted by Crippen LogP contribution is -2.32. The molecule has 0 unspecified atom stereocenters. The van der Waals surface area contributed by atoms with Crippen LogP contribution in [0.1, 0.15) is 41.6 Å². The number of hydrogen-bond donors (Lipinski definition) is 2. The maximum absolute atomic E-state index is 11.5. The van der Waals surface area contributed by atoms with Crippen LogP contribution in [0.25, 0.3) is 10.8 Å². The summed E-state index contributed by atoms with van der Waals surface area (Å²) < 4.78 is 5.97. The van der Waals surface area contributed by atoms with E-state index in [1.54, 1.807) is 18.3 Å². The van der Waals surface area contributed by atoms with E-state index in [4.69, 9.17) is 10.5 Å². The minimum Gasteiger partial charge on any atom is -0.474 e. The lowest BCUT2D eigenvalue weighted by molar-refractivity contribution is 0.0983. The maximum Gasteiger partial charge on any atom is 0.254 e. The van der Waals surface area contributed by atoms with Gasteiger partial charge in [0, 0.05) is 23.8 Å². The topological polar surface area (TPSA) is 90.1 Å². The number of fused-ring (bicyclic) bond motifs is 1. The van der Waals surface area contributed by atoms with Crippen molar-refractivity contribution in [3.63, 3.8) is 0 Å². The van der Waals surface area contributed by atoms with E-state index in [-0.39, 0.29) is 6.10 Å². The van der Waals surface area contributed by atoms with Crippen LogP contribution in [-0.4, -0.2) is 28.0 Å². The van der Waals surface area contributed by atoms with Crippen LogP contribution >= 0.6 is 0 Å². The van der Waals surface area contributed by atoms with Gasteiger partial charge < -0.3 is 15.8 Å². The Hall–Kier alpha value is -3.15. The van der Waals surface area contributed by atoms with Crippen LogP contribution in [-0.2, 0) is 0 Å². The van der Waals surface area contributed by atoms with Gasteiger partial charge in [0.25, 0.3) is 5.91 Å². The molecule has 28 heavy (non-hydrogen) atoms. The van der Waals surface area contributed by atoms with Crippen LogP contribution in [0.2, 0.25) is 0 Å². The molecule has 3 N–H and O–H groups in total. The van der Waals surface area contributed by atoms with Crippen molar-refractivity contribution in [1.82, 2.24) is 9.97 Å². The average molecular weight is 376 g/mol. The van der Waals surface area contributed by atoms with Crippen molar-refractivity contribution in [3.05, 3.63) is 59.9 Å². The molecule has 6 nitrogen and oxygen atoms in total. The molecule has 4 rings (SSSR count). The van der Waals surface area contributed by atoms with Crippen LogP contribution < -0.4 is 15.8 Å². The van der Waals surface area contributed by atoms with E-state index in [0.29, 0.717) is 17.5 Å². The first-order valence-corrected chi connectivity index (χ1v) is 9.63. The third kappa shape index (κ3) is 3.91. The quantitative estimate of drug-likeness (QED) is 0.706. The zero-order valence-corrected chi connectivity index (χ0v) is 15.9. The Bertz CT molecular complexity index is 997. The molecule has 6 heteroatoms. The fraction of sp³-hybridized carbons (Fsp3) is 0.318. The molecular weight excluding hydrogens is 352 g/mol. The molecule has 0 spiro atoms. The molecule has 0 saturated heterocycles. The van der Waals surface area contributed by atoms with E-state index in [0.717, 1.165) is 36.9 Å². The Morgan fingerprint density at radius 3 is 2.71 bits per heavy atom. The predicted octanol–water partition coefficient (Wildman–Crippen LogP) is 3.84. The van der Waals surface area contributed by atoms with Gasteiger partial charge in [0.1, 0.15) is 17.5 Å². The maximum atomic E-state index is 11.5. The molecule has 3 aromatic rings. The third-order valence-corrected chi connectivity index (χ3v) is 5.25. The highest BCUT2D eigenvalue weighted by molar-refractivity contribution is 5.95. The van der Waals surface area contributed by atoms with E-state index in [1.807, 2.05) is 12.3 Å². The average Bonchev–Trinajstić information content (AvgIpc) is 2.69. The molecule has 1 fully saturated rings. The minimum absolute atomic E-state index is 0.0363. The number of carbonyl (C=O) groups excluding carboxylic acids is 1. The molecule has 1 amide bonds. The summed E-state index contributed by atoms with van der Waals surface area (Å²) in [5.74, 6) is 0.746. The van der Waals surface area contributed by atoms with Crippen LogP contribution in [0.15, 0.2) is 48.8 Å². The van der Waals surface area contributed by atoms with Crippen molar-refractivity contribution in [2.24, 2.45) is 5.73 Å². The monoisotopic (exact) mass is 376 g/mol. The molecule has 0 bridgehead atoms. The Morgan fingerprint density at radius 1 is 1.11 bits per heavy atom. The number of ether oxygens (including phenoxy) is 1. The van der Waals surface area contributed by atoms with Gasteiger partial charge in [0.05, 0.1) is 0 Å². The van der Waals surface area contributed by atoms with Gasteiger partial charge in [-0.15, -0.1) is 0 Å². The molecule has 1 aliphatic rings. The lowest BCUT2D eigenvalue weighted by atomic mass is 9.92. The zero-order chi connectivity index (χ0) is 19.5. The summed E-state index contributed by atoms with van der Waals surface area (Å²) in [5, 5.41) is 5.94. The number of anilines is 1. The second-order valence-electron chi connectivity index (χ2n) is 7.34. The van der Waals surface area contributed by atoms with Gasteiger partial charge in [0.15, 0.2) is 0 Å². The van der Waals surface area contributed by atoms with Crippen molar-refractivity contribution in [2.45, 2.75) is 44.8 Å². The van der Waals surface area contributed by atoms with Crippen LogP contribution in [0.5, 0.6) is 5.88 Å². The number of benzene rings is 1. The standard InChI is InChI=1S/C22H24N4O2/c1-14-4-9-18-15(13-14)10-12-24-21(18)26-16-5-7-17(8-6-16)28-22-19(20(23)27)3-2-11-25-22/h2-4,9-13,16-17H,5-8H2,1H3,(H2,23,27)(H,24,26)/t16-,17-. The second-order valence-corrected chi connectivity index (χ2v) is 7.34. The first kappa shape index (κ1) is 18.2. The molecule has 1 aromatic carbocycles. The number of nitrogens with two attached hydrogens (primary N) is 1. The largest absolute Gasteiger partial charge is 0.474 e. The number of aromatic nitrogens is 2. The minimum atomic E-state index is -0.518. The smallest absolute Gasteiger partial charge is 0.254 e. The van der Waals surface area contributed by atoms with Gasteiger partial charge >= 0.3 is 0 Å². The number of amides is 1. The third-order valence-electron chi connectivity index (χ3n) is 5.25. The lowest BCUT2D eigenvalue weighted by Gasteiger charge is -2.30. The fourth-order valence-electron chi connectivity index (χ4n) is 3.76. The summed E-state index contributed by atoms with van der Waals surface area (Å²) in [4.78, 5) is 20.3. The van der Waals surface area contributed by atoms with Crippen LogP contribution in [0, 0.1) is 6.92 Å². The Balaban J connectivity index is 1.40. The van der Waals surface area contributed by atoms with E-state index in [1.165, 1.54) is 10.9 Å². The Labute approximate surface area is 164 Å². The van der Waals surface area contributed by atoms with Gasteiger partial charge in [-0.1, -0.05) is 23.8 Å². The first-order valence-electron chi connectivity index (χ1n) is 9.63. The first-order chi connectivity index (χ1) is 13.6. The second kappa shape index (κ2) is 7.84. The highest BCUT2D eigenvalue weighted by Gasteiger charge is 2.24. The summed E-state index contributed by atoms with van der Waals surface area (Å²) in [6.45, 7) is 2.10. The number of hydrogen-bond acceptors (Lipinski definition) is 5. The number of nitrogens with one attached hydrogen (secondary N) is 1. The molecule has 1 aliphatic carbocycles. The highest BCUT2D eigenvalue weighted by Crippen LogP contribution is 2.28. The Morgan fingerprint density at radius 2 is 1.93 bits per heavy atom. The van der Waals surface area contributed by atoms with Gasteiger partial charge in [-0.3, -0.25) is 4.79 Å². The summed E-state index contributed by atoms with van der Waals surface area (Å²) in [5.41, 5.74) is 6.98. The van der Waals surface area contributed by atoms with E-state index in [9.17, 15) is 4.79 Å². The number of carbonyl (C=O) groups is 1. The van der Waals surface area contributed by atoms with Gasteiger partial charge in [-0.2, -0.15) is 0 Å². The summed E-state index contributed by atoms with van der Waals surface area (Å²) in [7, 11) is 0. The van der Waals surface area contributed by atoms with E-state index < -0.39 is 5.91 Å². The molecule has 144 valence electrons. The number of aryl methyl sites for hydroxylation is 1. The van der Waals surface area contributed by atoms with Gasteiger partial charge in [-0.05, 0) is 56.2 Å². The highest BCUT2D eigenvalue weighted by atomic mass is 16.5. The van der Waals surface area contributed by atoms with Crippen molar-refractivity contribution in [2.75, 3.05) is 5.32 Å². The van der Waals surface area contributed by atoms with E-state index >= 15 is 0 Å². The van der Waals surface area contributed by atoms with Gasteiger partial charge in [0.2, 0.25) is 5.88 Å². The number of primary amides is 1. The predicted molar refractivity (Wildman–Crippen MR) is 110 cm³/mol. The van der Waals surface area contributed by atoms with Crippen molar-refractivity contribution < 1.29 is 9.53 Å². The number of rotatable bonds is 5. The molecule has 0 radical (unpaired) electrons. The summed E-state index contributed by atoms with van der Waals surface area (Å²) in [6.07, 6.45) is 7.20. The molecule has 2 aromatic heterocycles. The SMILES string of the molecule is Cc1ccc2c(N[C@H]3CC[C@H](Oc4ncccc4C(N)=O)CC3)nccc2c1. The van der Waals surface area contributed by atoms with E-state index in [2.05, 4.69) is 40.4 Å². The zero-order valence-electron chi connectivity index (χ0n) is 15.9. The van der Waals surface area contributed by atoms with Crippen LogP contribution in [0.3, 0.4) is 0 Å². The summed E-state index contributed by atoms with van der Waals surface area (Å²) >= 11 is 0. The Kier molecular flexibility index (Phi) is 5.10. The molecule has 2 heterocycles. The van der Waals surface area contributed by atoms with Gasteiger partial charge in [-0.25, -0.2) is 9.97 Å². The number of nitrogens with zero attached hydrogens (tertiary/aromatic N) is 2. The molecule has 0 aliphatic heterocycles. The molecular formula is C22H24N4O2. The van der Waals surface area contributed by atoms with Crippen molar-refractivity contribution >= 4 is 22.5 Å². The number of pyridine rings is 2. The van der Waals surface area contributed by atoms with Crippen molar-refractivity contribution in [3.8, 4) is 5.88 Å². The van der Waals surface area contributed by atoms with Crippen LogP contribution in [0.4, 0.5) is 5.82 Å².